The predicted octanol–water partition coefficient (Wildman–Crippen LogP) is 2.54. The second kappa shape index (κ2) is 5.49. The first kappa shape index (κ1) is 14.0. The van der Waals surface area contributed by atoms with Crippen molar-refractivity contribution in [3.63, 3.8) is 0 Å². The summed E-state index contributed by atoms with van der Waals surface area (Å²) in [4.78, 5) is 21.4. The summed E-state index contributed by atoms with van der Waals surface area (Å²) in [5.74, 6) is -1.76. The highest BCUT2D eigenvalue weighted by molar-refractivity contribution is 5.80. The zero-order valence-corrected chi connectivity index (χ0v) is 10.4. The lowest BCUT2D eigenvalue weighted by molar-refractivity contribution is -0.142. The molecule has 96 valence electrons. The van der Waals surface area contributed by atoms with Crippen LogP contribution in [-0.2, 0) is 15.0 Å². The number of carboxylic acids is 2. The first-order valence-electron chi connectivity index (χ1n) is 5.56. The van der Waals surface area contributed by atoms with Crippen LogP contribution in [0.3, 0.4) is 0 Å². The van der Waals surface area contributed by atoms with Crippen molar-refractivity contribution < 1.29 is 19.8 Å². The maximum Gasteiger partial charge on any atom is 0.313 e. The minimum Gasteiger partial charge on any atom is -0.481 e. The summed E-state index contributed by atoms with van der Waals surface area (Å²) >= 11 is 0. The van der Waals surface area contributed by atoms with E-state index in [1.165, 1.54) is 0 Å². The van der Waals surface area contributed by atoms with E-state index in [1.54, 1.807) is 50.3 Å². The predicted molar refractivity (Wildman–Crippen MR) is 68.4 cm³/mol. The quantitative estimate of drug-likeness (QED) is 0.839. The molecule has 0 radical (unpaired) electrons. The molecule has 1 aromatic rings. The molecule has 0 bridgehead atoms. The Balaban J connectivity index is 2.83. The SMILES string of the molecule is CC(C)(C(=O)O)c1ccc(C=CCC(=O)O)cc1. The van der Waals surface area contributed by atoms with Gasteiger partial charge in [-0.2, -0.15) is 0 Å². The molecule has 0 aliphatic carbocycles. The van der Waals surface area contributed by atoms with E-state index < -0.39 is 17.4 Å². The first-order chi connectivity index (χ1) is 8.34. The summed E-state index contributed by atoms with van der Waals surface area (Å²) in [6, 6.07) is 7.04. The van der Waals surface area contributed by atoms with Gasteiger partial charge in [-0.05, 0) is 25.0 Å². The molecular formula is C14H16O4. The highest BCUT2D eigenvalue weighted by atomic mass is 16.4. The fraction of sp³-hybridized carbons (Fsp3) is 0.286. The standard InChI is InChI=1S/C14H16O4/c1-14(2,13(17)18)11-8-6-10(7-9-11)4-3-5-12(15)16/h3-4,6-9H,5H2,1-2H3,(H,15,16)(H,17,18). The van der Waals surface area contributed by atoms with Crippen LogP contribution < -0.4 is 0 Å². The van der Waals surface area contributed by atoms with Crippen LogP contribution in [0.1, 0.15) is 31.4 Å². The zero-order valence-electron chi connectivity index (χ0n) is 10.4. The van der Waals surface area contributed by atoms with Crippen molar-refractivity contribution in [2.75, 3.05) is 0 Å². The van der Waals surface area contributed by atoms with Gasteiger partial charge in [0.25, 0.3) is 0 Å². The van der Waals surface area contributed by atoms with Gasteiger partial charge in [0.2, 0.25) is 0 Å². The van der Waals surface area contributed by atoms with Crippen molar-refractivity contribution in [1.29, 1.82) is 0 Å². The lowest BCUT2D eigenvalue weighted by Gasteiger charge is -2.19. The Bertz CT molecular complexity index is 469. The fourth-order valence-corrected chi connectivity index (χ4v) is 1.43. The maximum atomic E-state index is 11.1. The van der Waals surface area contributed by atoms with Crippen LogP contribution >= 0.6 is 0 Å². The van der Waals surface area contributed by atoms with Gasteiger partial charge in [0.15, 0.2) is 0 Å². The lowest BCUT2D eigenvalue weighted by Crippen LogP contribution is -2.28. The van der Waals surface area contributed by atoms with Gasteiger partial charge in [-0.25, -0.2) is 0 Å². The Morgan fingerprint density at radius 2 is 1.72 bits per heavy atom. The Labute approximate surface area is 106 Å². The van der Waals surface area contributed by atoms with E-state index in [-0.39, 0.29) is 6.42 Å². The van der Waals surface area contributed by atoms with Crippen LogP contribution in [-0.4, -0.2) is 22.2 Å². The molecule has 0 amide bonds. The summed E-state index contributed by atoms with van der Waals surface area (Å²) in [6.45, 7) is 3.29. The molecule has 0 heterocycles. The van der Waals surface area contributed by atoms with Crippen LogP contribution in [0.25, 0.3) is 6.08 Å². The average Bonchev–Trinajstić information content (AvgIpc) is 2.29. The largest absolute Gasteiger partial charge is 0.481 e. The molecule has 0 atom stereocenters. The molecule has 0 unspecified atom stereocenters. The third-order valence-electron chi connectivity index (χ3n) is 2.77. The molecule has 0 spiro atoms. The van der Waals surface area contributed by atoms with Gasteiger partial charge in [-0.1, -0.05) is 36.4 Å². The summed E-state index contributed by atoms with van der Waals surface area (Å²) in [7, 11) is 0. The molecule has 4 nitrogen and oxygen atoms in total. The van der Waals surface area contributed by atoms with E-state index >= 15 is 0 Å². The van der Waals surface area contributed by atoms with Crippen LogP contribution in [0.5, 0.6) is 0 Å². The number of carbonyl (C=O) groups is 2. The van der Waals surface area contributed by atoms with E-state index in [0.29, 0.717) is 5.56 Å². The molecule has 0 saturated carbocycles. The average molecular weight is 248 g/mol. The van der Waals surface area contributed by atoms with Crippen molar-refractivity contribution in [3.8, 4) is 0 Å². The molecule has 1 rings (SSSR count). The molecule has 0 aromatic heterocycles. The normalized spacial score (nSPS) is 11.7. The Morgan fingerprint density at radius 1 is 1.17 bits per heavy atom. The number of hydrogen-bond donors (Lipinski definition) is 2. The van der Waals surface area contributed by atoms with Crippen LogP contribution in [0, 0.1) is 0 Å². The molecule has 0 aliphatic rings. The van der Waals surface area contributed by atoms with Crippen molar-refractivity contribution in [2.24, 2.45) is 0 Å². The van der Waals surface area contributed by atoms with Crippen molar-refractivity contribution in [3.05, 3.63) is 41.5 Å². The number of aliphatic carboxylic acids is 2. The fourth-order valence-electron chi connectivity index (χ4n) is 1.43. The van der Waals surface area contributed by atoms with E-state index in [1.807, 2.05) is 0 Å². The van der Waals surface area contributed by atoms with Crippen LogP contribution in [0.2, 0.25) is 0 Å². The molecule has 2 N–H and O–H groups in total. The number of hydrogen-bond acceptors (Lipinski definition) is 2. The van der Waals surface area contributed by atoms with Crippen LogP contribution in [0.4, 0.5) is 0 Å². The van der Waals surface area contributed by atoms with Gasteiger partial charge in [0.05, 0.1) is 11.8 Å². The number of benzene rings is 1. The van der Waals surface area contributed by atoms with E-state index in [2.05, 4.69) is 0 Å². The van der Waals surface area contributed by atoms with E-state index in [0.717, 1.165) is 5.56 Å². The molecule has 1 aromatic carbocycles. The molecule has 0 saturated heterocycles. The number of carboxylic acid groups (broad SMARTS) is 2. The van der Waals surface area contributed by atoms with Gasteiger partial charge in [0, 0.05) is 0 Å². The third kappa shape index (κ3) is 3.45. The minimum atomic E-state index is -0.927. The maximum absolute atomic E-state index is 11.1. The van der Waals surface area contributed by atoms with Gasteiger partial charge in [-0.3, -0.25) is 9.59 Å². The first-order valence-corrected chi connectivity index (χ1v) is 5.56. The second-order valence-electron chi connectivity index (χ2n) is 4.55. The topological polar surface area (TPSA) is 74.6 Å². The summed E-state index contributed by atoms with van der Waals surface area (Å²) in [5.41, 5.74) is 0.634. The Hall–Kier alpha value is -2.10. The van der Waals surface area contributed by atoms with Gasteiger partial charge in [-0.15, -0.1) is 0 Å². The summed E-state index contributed by atoms with van der Waals surface area (Å²) < 4.78 is 0. The van der Waals surface area contributed by atoms with Crippen molar-refractivity contribution >= 4 is 18.0 Å². The van der Waals surface area contributed by atoms with Gasteiger partial charge >= 0.3 is 11.9 Å². The van der Waals surface area contributed by atoms with Gasteiger partial charge < -0.3 is 10.2 Å². The van der Waals surface area contributed by atoms with Crippen LogP contribution in [0.15, 0.2) is 30.3 Å². The Kier molecular flexibility index (Phi) is 4.26. The highest BCUT2D eigenvalue weighted by Crippen LogP contribution is 2.23. The van der Waals surface area contributed by atoms with Gasteiger partial charge in [0.1, 0.15) is 0 Å². The monoisotopic (exact) mass is 248 g/mol. The van der Waals surface area contributed by atoms with Crippen molar-refractivity contribution in [1.82, 2.24) is 0 Å². The van der Waals surface area contributed by atoms with Crippen molar-refractivity contribution in [2.45, 2.75) is 25.7 Å². The van der Waals surface area contributed by atoms with E-state index in [9.17, 15) is 9.59 Å². The molecule has 4 heteroatoms. The highest BCUT2D eigenvalue weighted by Gasteiger charge is 2.28. The van der Waals surface area contributed by atoms with E-state index in [4.69, 9.17) is 10.2 Å². The Morgan fingerprint density at radius 3 is 2.17 bits per heavy atom. The molecule has 0 fully saturated rings. The minimum absolute atomic E-state index is 0.0254. The third-order valence-corrected chi connectivity index (χ3v) is 2.77. The summed E-state index contributed by atoms with van der Waals surface area (Å²) in [5, 5.41) is 17.6. The second-order valence-corrected chi connectivity index (χ2v) is 4.55. The number of rotatable bonds is 5. The molecule has 18 heavy (non-hydrogen) atoms. The molecular weight excluding hydrogens is 232 g/mol. The molecule has 0 aliphatic heterocycles. The summed E-state index contributed by atoms with van der Waals surface area (Å²) in [6.07, 6.45) is 3.23. The smallest absolute Gasteiger partial charge is 0.313 e. The lowest BCUT2D eigenvalue weighted by atomic mass is 9.84. The zero-order chi connectivity index (χ0) is 13.8.